The van der Waals surface area contributed by atoms with Gasteiger partial charge in [-0.15, -0.1) is 0 Å². The minimum absolute atomic E-state index is 0.363. The summed E-state index contributed by atoms with van der Waals surface area (Å²) in [6, 6.07) is 8.85. The summed E-state index contributed by atoms with van der Waals surface area (Å²) >= 11 is 0. The van der Waals surface area contributed by atoms with E-state index in [1.807, 2.05) is 19.4 Å². The van der Waals surface area contributed by atoms with Gasteiger partial charge < -0.3 is 10.1 Å². The summed E-state index contributed by atoms with van der Waals surface area (Å²) in [5.74, 6) is 0.631. The number of pyridine rings is 1. The Kier molecular flexibility index (Phi) is 3.76. The maximum absolute atomic E-state index is 5.47. The Labute approximate surface area is 114 Å². The van der Waals surface area contributed by atoms with Crippen LogP contribution in [0.25, 0.3) is 10.8 Å². The molecule has 1 N–H and O–H groups in total. The van der Waals surface area contributed by atoms with Gasteiger partial charge in [0, 0.05) is 37.0 Å². The van der Waals surface area contributed by atoms with Crippen molar-refractivity contribution >= 4 is 10.8 Å². The lowest BCUT2D eigenvalue weighted by Gasteiger charge is -2.30. The number of hydrogen-bond donors (Lipinski definition) is 1. The second-order valence-corrected chi connectivity index (χ2v) is 5.17. The van der Waals surface area contributed by atoms with Gasteiger partial charge in [0.15, 0.2) is 0 Å². The summed E-state index contributed by atoms with van der Waals surface area (Å²) < 4.78 is 5.47. The van der Waals surface area contributed by atoms with Crippen LogP contribution in [0.1, 0.15) is 24.4 Å². The third-order valence-corrected chi connectivity index (χ3v) is 4.08. The largest absolute Gasteiger partial charge is 0.381 e. The van der Waals surface area contributed by atoms with Gasteiger partial charge in [-0.1, -0.05) is 24.3 Å². The maximum Gasteiger partial charge on any atom is 0.0469 e. The summed E-state index contributed by atoms with van der Waals surface area (Å²) in [5.41, 5.74) is 1.31. The van der Waals surface area contributed by atoms with E-state index in [2.05, 4.69) is 34.6 Å². The number of nitrogens with zero attached hydrogens (tertiary/aromatic N) is 1. The lowest BCUT2D eigenvalue weighted by molar-refractivity contribution is 0.0547. The standard InChI is InChI=1S/C16H20N2O/c1-17-16(12-6-8-19-9-7-12)15-11-18-10-13-4-2-3-5-14(13)15/h2-5,10-12,16-17H,6-9H2,1H3. The van der Waals surface area contributed by atoms with E-state index in [1.54, 1.807) is 0 Å². The van der Waals surface area contributed by atoms with E-state index in [-0.39, 0.29) is 0 Å². The van der Waals surface area contributed by atoms with Crippen LogP contribution < -0.4 is 5.32 Å². The van der Waals surface area contributed by atoms with Crippen LogP contribution in [0.2, 0.25) is 0 Å². The fourth-order valence-electron chi connectivity index (χ4n) is 3.08. The number of nitrogens with one attached hydrogen (secondary N) is 1. The predicted octanol–water partition coefficient (Wildman–Crippen LogP) is 2.92. The van der Waals surface area contributed by atoms with Crippen LogP contribution in [-0.2, 0) is 4.74 Å². The van der Waals surface area contributed by atoms with E-state index < -0.39 is 0 Å². The summed E-state index contributed by atoms with van der Waals surface area (Å²) in [5, 5.41) is 6.01. The van der Waals surface area contributed by atoms with Crippen LogP contribution in [0.15, 0.2) is 36.7 Å². The topological polar surface area (TPSA) is 34.2 Å². The van der Waals surface area contributed by atoms with E-state index in [4.69, 9.17) is 4.74 Å². The van der Waals surface area contributed by atoms with Crippen molar-refractivity contribution in [1.82, 2.24) is 10.3 Å². The SMILES string of the molecule is CNC(c1cncc2ccccc12)C1CCOCC1. The summed E-state index contributed by atoms with van der Waals surface area (Å²) in [4.78, 5) is 4.41. The second kappa shape index (κ2) is 5.68. The number of ether oxygens (including phenoxy) is 1. The number of rotatable bonds is 3. The fraction of sp³-hybridized carbons (Fsp3) is 0.438. The number of aromatic nitrogens is 1. The quantitative estimate of drug-likeness (QED) is 0.917. The molecule has 1 unspecified atom stereocenters. The van der Waals surface area contributed by atoms with Crippen LogP contribution in [-0.4, -0.2) is 25.2 Å². The summed E-state index contributed by atoms with van der Waals surface area (Å²) in [6.45, 7) is 1.75. The van der Waals surface area contributed by atoms with E-state index in [0.717, 1.165) is 26.1 Å². The second-order valence-electron chi connectivity index (χ2n) is 5.17. The number of hydrogen-bond acceptors (Lipinski definition) is 3. The van der Waals surface area contributed by atoms with Crippen LogP contribution in [0.3, 0.4) is 0 Å². The average Bonchev–Trinajstić information content (AvgIpc) is 2.49. The Hall–Kier alpha value is -1.45. The molecule has 0 saturated carbocycles. The van der Waals surface area contributed by atoms with Crippen molar-refractivity contribution in [2.24, 2.45) is 5.92 Å². The van der Waals surface area contributed by atoms with Gasteiger partial charge in [0.2, 0.25) is 0 Å². The lowest BCUT2D eigenvalue weighted by Crippen LogP contribution is -2.30. The van der Waals surface area contributed by atoms with Gasteiger partial charge >= 0.3 is 0 Å². The molecule has 0 aliphatic carbocycles. The molecule has 100 valence electrons. The highest BCUT2D eigenvalue weighted by molar-refractivity contribution is 5.85. The summed E-state index contributed by atoms with van der Waals surface area (Å²) in [7, 11) is 2.04. The molecule has 3 rings (SSSR count). The zero-order chi connectivity index (χ0) is 13.1. The van der Waals surface area contributed by atoms with Gasteiger partial charge in [-0.25, -0.2) is 0 Å². The molecule has 1 aromatic heterocycles. The monoisotopic (exact) mass is 256 g/mol. The highest BCUT2D eigenvalue weighted by Crippen LogP contribution is 2.33. The van der Waals surface area contributed by atoms with E-state index in [1.165, 1.54) is 16.3 Å². The molecule has 1 aromatic carbocycles. The van der Waals surface area contributed by atoms with Gasteiger partial charge in [-0.05, 0) is 36.8 Å². The van der Waals surface area contributed by atoms with Gasteiger partial charge in [0.25, 0.3) is 0 Å². The first-order chi connectivity index (χ1) is 9.40. The maximum atomic E-state index is 5.47. The van der Waals surface area contributed by atoms with Crippen molar-refractivity contribution in [1.29, 1.82) is 0 Å². The Morgan fingerprint density at radius 3 is 2.79 bits per heavy atom. The molecule has 2 aromatic rings. The van der Waals surface area contributed by atoms with Crippen LogP contribution in [0.4, 0.5) is 0 Å². The molecule has 1 aliphatic rings. The van der Waals surface area contributed by atoms with Gasteiger partial charge in [0.1, 0.15) is 0 Å². The molecule has 1 atom stereocenters. The molecule has 0 amide bonds. The van der Waals surface area contributed by atoms with Crippen molar-refractivity contribution in [2.75, 3.05) is 20.3 Å². The highest BCUT2D eigenvalue weighted by Gasteiger charge is 2.25. The molecule has 0 spiro atoms. The first-order valence-corrected chi connectivity index (χ1v) is 6.98. The Balaban J connectivity index is 2.00. The minimum atomic E-state index is 0.363. The Morgan fingerprint density at radius 1 is 1.21 bits per heavy atom. The van der Waals surface area contributed by atoms with Crippen molar-refractivity contribution in [3.8, 4) is 0 Å². The molecular formula is C16H20N2O. The smallest absolute Gasteiger partial charge is 0.0469 e. The minimum Gasteiger partial charge on any atom is -0.381 e. The molecule has 19 heavy (non-hydrogen) atoms. The molecule has 1 saturated heterocycles. The molecule has 1 fully saturated rings. The van der Waals surface area contributed by atoms with Gasteiger partial charge in [0.05, 0.1) is 0 Å². The van der Waals surface area contributed by atoms with Crippen molar-refractivity contribution in [3.63, 3.8) is 0 Å². The predicted molar refractivity (Wildman–Crippen MR) is 77.1 cm³/mol. The third kappa shape index (κ3) is 2.48. The zero-order valence-electron chi connectivity index (χ0n) is 11.3. The molecule has 3 nitrogen and oxygen atoms in total. The highest BCUT2D eigenvalue weighted by atomic mass is 16.5. The summed E-state index contributed by atoms with van der Waals surface area (Å²) in [6.07, 6.45) is 6.19. The Bertz CT molecular complexity index is 544. The van der Waals surface area contributed by atoms with E-state index in [0.29, 0.717) is 12.0 Å². The van der Waals surface area contributed by atoms with Gasteiger partial charge in [-0.2, -0.15) is 0 Å². The first kappa shape index (κ1) is 12.6. The van der Waals surface area contributed by atoms with Crippen molar-refractivity contribution in [2.45, 2.75) is 18.9 Å². The number of benzene rings is 1. The molecular weight excluding hydrogens is 236 g/mol. The van der Waals surface area contributed by atoms with Crippen LogP contribution in [0, 0.1) is 5.92 Å². The molecule has 0 radical (unpaired) electrons. The fourth-order valence-corrected chi connectivity index (χ4v) is 3.08. The van der Waals surface area contributed by atoms with Crippen LogP contribution >= 0.6 is 0 Å². The third-order valence-electron chi connectivity index (χ3n) is 4.08. The van der Waals surface area contributed by atoms with E-state index in [9.17, 15) is 0 Å². The van der Waals surface area contributed by atoms with Gasteiger partial charge in [-0.3, -0.25) is 4.98 Å². The van der Waals surface area contributed by atoms with Crippen LogP contribution in [0.5, 0.6) is 0 Å². The molecule has 0 bridgehead atoms. The zero-order valence-corrected chi connectivity index (χ0v) is 11.3. The number of fused-ring (bicyclic) bond motifs is 1. The molecule has 3 heteroatoms. The molecule has 2 heterocycles. The lowest BCUT2D eigenvalue weighted by atomic mass is 9.86. The average molecular weight is 256 g/mol. The van der Waals surface area contributed by atoms with Crippen molar-refractivity contribution < 1.29 is 4.74 Å². The Morgan fingerprint density at radius 2 is 2.00 bits per heavy atom. The normalized spacial score (nSPS) is 18.6. The first-order valence-electron chi connectivity index (χ1n) is 6.98. The van der Waals surface area contributed by atoms with E-state index >= 15 is 0 Å². The van der Waals surface area contributed by atoms with Crippen molar-refractivity contribution in [3.05, 3.63) is 42.2 Å². The molecule has 1 aliphatic heterocycles.